The first-order chi connectivity index (χ1) is 24.1. The van der Waals surface area contributed by atoms with Crippen LogP contribution in [-0.4, -0.2) is 73.7 Å². The average Bonchev–Trinajstić information content (AvgIpc) is 3.79. The van der Waals surface area contributed by atoms with E-state index >= 15 is 0 Å². The molecular formula is C41H54N8O. The maximum atomic E-state index is 13.5. The van der Waals surface area contributed by atoms with Crippen LogP contribution in [0.1, 0.15) is 56.4 Å². The van der Waals surface area contributed by atoms with Gasteiger partial charge in [-0.25, -0.2) is 0 Å². The van der Waals surface area contributed by atoms with E-state index in [1.165, 1.54) is 0 Å². The first kappa shape index (κ1) is 37.8. The van der Waals surface area contributed by atoms with Gasteiger partial charge in [-0.2, -0.15) is 0 Å². The van der Waals surface area contributed by atoms with Crippen LogP contribution in [0.3, 0.4) is 0 Å². The number of nitrogens with two attached hydrogens (primary N) is 1. The number of rotatable bonds is 13. The van der Waals surface area contributed by atoms with Crippen LogP contribution in [0.25, 0.3) is 0 Å². The number of aliphatic imine (C=N–C) groups is 2. The summed E-state index contributed by atoms with van der Waals surface area (Å²) in [5.74, 6) is 0.467. The fraction of sp³-hybridized carbons (Fsp3) is 0.366. The van der Waals surface area contributed by atoms with Crippen molar-refractivity contribution in [3.63, 3.8) is 0 Å². The third-order valence-electron chi connectivity index (χ3n) is 9.70. The minimum Gasteiger partial charge on any atom is -0.398 e. The summed E-state index contributed by atoms with van der Waals surface area (Å²) in [6, 6.07) is 22.0. The molecule has 1 unspecified atom stereocenters. The fourth-order valence-corrected chi connectivity index (χ4v) is 6.57. The summed E-state index contributed by atoms with van der Waals surface area (Å²) in [7, 11) is 0. The third-order valence-corrected chi connectivity index (χ3v) is 9.70. The molecule has 2 heterocycles. The van der Waals surface area contributed by atoms with Crippen molar-refractivity contribution in [2.75, 3.05) is 55.3 Å². The summed E-state index contributed by atoms with van der Waals surface area (Å²) in [6.45, 7) is 23.1. The molecule has 1 amide bonds. The number of anilines is 3. The number of nitrogens with zero attached hydrogens (tertiary/aromatic N) is 5. The second-order valence-corrected chi connectivity index (χ2v) is 13.2. The van der Waals surface area contributed by atoms with E-state index in [9.17, 15) is 4.79 Å². The summed E-state index contributed by atoms with van der Waals surface area (Å²) in [5.41, 5.74) is 13.8. The van der Waals surface area contributed by atoms with E-state index in [1.54, 1.807) is 18.5 Å². The minimum atomic E-state index is -0.200. The molecule has 5 rings (SSSR count). The zero-order valence-corrected chi connectivity index (χ0v) is 30.5. The SMILES string of the molecule is C=N/C=C\C=NCc1ccc(N2CCN(C(=O)CN3CCC(C(=C)Nc4ccc(N)c(C(=N)c5ccc(C)cc5)c4)(C(C)C)C3)C2)cc1.CC. The molecule has 0 spiro atoms. The molecule has 2 aliphatic rings. The van der Waals surface area contributed by atoms with Crippen LogP contribution in [0.5, 0.6) is 0 Å². The Morgan fingerprint density at radius 2 is 1.78 bits per heavy atom. The molecule has 2 saturated heterocycles. The Morgan fingerprint density at radius 3 is 2.46 bits per heavy atom. The summed E-state index contributed by atoms with van der Waals surface area (Å²) in [4.78, 5) is 28.0. The molecule has 2 aliphatic heterocycles. The molecule has 264 valence electrons. The van der Waals surface area contributed by atoms with Gasteiger partial charge in [0.05, 0.1) is 25.5 Å². The van der Waals surface area contributed by atoms with Gasteiger partial charge in [0, 0.05) is 71.3 Å². The average molecular weight is 675 g/mol. The van der Waals surface area contributed by atoms with E-state index < -0.39 is 0 Å². The molecule has 0 saturated carbocycles. The number of nitrogen functional groups attached to an aromatic ring is 1. The van der Waals surface area contributed by atoms with Crippen molar-refractivity contribution in [3.8, 4) is 0 Å². The van der Waals surface area contributed by atoms with E-state index in [2.05, 4.69) is 76.5 Å². The minimum absolute atomic E-state index is 0.154. The Morgan fingerprint density at radius 1 is 1.06 bits per heavy atom. The predicted molar refractivity (Wildman–Crippen MR) is 212 cm³/mol. The van der Waals surface area contributed by atoms with Crippen LogP contribution in [0.4, 0.5) is 17.1 Å². The molecule has 0 aliphatic carbocycles. The third kappa shape index (κ3) is 9.15. The first-order valence-corrected chi connectivity index (χ1v) is 17.6. The summed E-state index contributed by atoms with van der Waals surface area (Å²) in [6.07, 6.45) is 6.00. The molecule has 50 heavy (non-hydrogen) atoms. The lowest BCUT2D eigenvalue weighted by atomic mass is 9.74. The van der Waals surface area contributed by atoms with Gasteiger partial charge in [0.2, 0.25) is 5.91 Å². The van der Waals surface area contributed by atoms with Gasteiger partial charge in [0.15, 0.2) is 0 Å². The Balaban J connectivity index is 0.00000276. The predicted octanol–water partition coefficient (Wildman–Crippen LogP) is 7.38. The highest BCUT2D eigenvalue weighted by Gasteiger charge is 2.44. The number of benzene rings is 3. The molecule has 2 fully saturated rings. The Kier molecular flexibility index (Phi) is 13.3. The van der Waals surface area contributed by atoms with Gasteiger partial charge in [-0.1, -0.05) is 76.2 Å². The standard InChI is InChI=1S/C39H48N8O.C2H6/c1-28(2)39(30(4)44-33-13-16-36(40)35(23-33)38(41)32-11-7-29(3)8-12-32)17-20-45(26-39)25-37(48)47-22-21-46(27-47)34-14-9-31(10-15-34)24-43-19-6-18-42-5;1-2/h6-16,18-19,23,28,41,44H,4-5,17,20-22,24-27,40H2,1-3H3;1-2H3/b18-6-,41-38?,43-19?;. The summed E-state index contributed by atoms with van der Waals surface area (Å²) >= 11 is 0. The van der Waals surface area contributed by atoms with Crippen molar-refractivity contribution in [1.82, 2.24) is 9.80 Å². The monoisotopic (exact) mass is 674 g/mol. The van der Waals surface area contributed by atoms with Gasteiger partial charge < -0.3 is 20.9 Å². The van der Waals surface area contributed by atoms with E-state index in [0.29, 0.717) is 49.2 Å². The maximum absolute atomic E-state index is 13.5. The van der Waals surface area contributed by atoms with E-state index in [0.717, 1.165) is 59.8 Å². The van der Waals surface area contributed by atoms with E-state index in [4.69, 9.17) is 11.1 Å². The van der Waals surface area contributed by atoms with Crippen molar-refractivity contribution in [2.45, 2.75) is 47.6 Å². The molecule has 0 aromatic heterocycles. The first-order valence-electron chi connectivity index (χ1n) is 17.6. The number of hydrogen-bond acceptors (Lipinski definition) is 8. The van der Waals surface area contributed by atoms with Crippen LogP contribution < -0.4 is 16.0 Å². The number of allylic oxidation sites excluding steroid dienone is 1. The number of carbonyl (C=O) groups excluding carboxylic acids is 1. The van der Waals surface area contributed by atoms with Crippen LogP contribution in [0.2, 0.25) is 0 Å². The topological polar surface area (TPSA) is 113 Å². The number of likely N-dealkylation sites (tertiary alicyclic amines) is 1. The highest BCUT2D eigenvalue weighted by molar-refractivity contribution is 6.14. The molecule has 4 N–H and O–H groups in total. The Labute approximate surface area is 298 Å². The molecule has 0 radical (unpaired) electrons. The Hall–Kier alpha value is -5.02. The van der Waals surface area contributed by atoms with Crippen LogP contribution in [-0.2, 0) is 11.3 Å². The molecule has 9 nitrogen and oxygen atoms in total. The van der Waals surface area contributed by atoms with Crippen LogP contribution >= 0.6 is 0 Å². The number of nitrogens with one attached hydrogen (secondary N) is 2. The second kappa shape index (κ2) is 17.6. The Bertz CT molecular complexity index is 1690. The molecule has 0 bridgehead atoms. The number of aryl methyl sites for hydroxylation is 1. The van der Waals surface area contributed by atoms with Crippen molar-refractivity contribution >= 4 is 41.6 Å². The normalized spacial score (nSPS) is 17.7. The maximum Gasteiger partial charge on any atom is 0.238 e. The van der Waals surface area contributed by atoms with E-state index in [1.807, 2.05) is 68.1 Å². The lowest BCUT2D eigenvalue weighted by Gasteiger charge is -2.36. The summed E-state index contributed by atoms with van der Waals surface area (Å²) in [5, 5.41) is 12.4. The summed E-state index contributed by atoms with van der Waals surface area (Å²) < 4.78 is 0. The van der Waals surface area contributed by atoms with Crippen molar-refractivity contribution in [1.29, 1.82) is 5.41 Å². The van der Waals surface area contributed by atoms with Gasteiger partial charge in [-0.3, -0.25) is 25.1 Å². The zero-order valence-electron chi connectivity index (χ0n) is 30.5. The lowest BCUT2D eigenvalue weighted by molar-refractivity contribution is -0.131. The fourth-order valence-electron chi connectivity index (χ4n) is 6.57. The van der Waals surface area contributed by atoms with Crippen molar-refractivity contribution in [3.05, 3.63) is 114 Å². The van der Waals surface area contributed by atoms with E-state index in [-0.39, 0.29) is 11.3 Å². The highest BCUT2D eigenvalue weighted by atomic mass is 16.2. The zero-order chi connectivity index (χ0) is 36.3. The van der Waals surface area contributed by atoms with Crippen LogP contribution in [0, 0.1) is 23.7 Å². The number of carbonyl (C=O) groups is 1. The molecule has 3 aromatic carbocycles. The van der Waals surface area contributed by atoms with Crippen molar-refractivity contribution < 1.29 is 4.79 Å². The smallest absolute Gasteiger partial charge is 0.238 e. The van der Waals surface area contributed by atoms with Crippen LogP contribution in [0.15, 0.2) is 101 Å². The van der Waals surface area contributed by atoms with Gasteiger partial charge >= 0.3 is 0 Å². The van der Waals surface area contributed by atoms with Gasteiger partial charge in [0.1, 0.15) is 0 Å². The molecule has 9 heteroatoms. The van der Waals surface area contributed by atoms with Gasteiger partial charge in [-0.15, -0.1) is 0 Å². The van der Waals surface area contributed by atoms with Crippen molar-refractivity contribution in [2.24, 2.45) is 21.3 Å². The van der Waals surface area contributed by atoms with Gasteiger partial charge in [-0.05, 0) is 74.5 Å². The largest absolute Gasteiger partial charge is 0.398 e. The van der Waals surface area contributed by atoms with Gasteiger partial charge in [0.25, 0.3) is 0 Å². The quantitative estimate of drug-likeness (QED) is 0.129. The lowest BCUT2D eigenvalue weighted by Crippen LogP contribution is -2.41. The number of amides is 1. The highest BCUT2D eigenvalue weighted by Crippen LogP contribution is 2.44. The molecule has 3 aromatic rings. The number of hydrogen-bond donors (Lipinski definition) is 3. The second-order valence-electron chi connectivity index (χ2n) is 13.2. The molecular weight excluding hydrogens is 621 g/mol. The molecule has 1 atom stereocenters.